The highest BCUT2D eigenvalue weighted by Crippen LogP contribution is 2.29. The summed E-state index contributed by atoms with van der Waals surface area (Å²) in [5, 5.41) is 3.99. The number of aromatic nitrogens is 5. The number of benzene rings is 1. The van der Waals surface area contributed by atoms with Crippen molar-refractivity contribution in [2.45, 2.75) is 58.9 Å². The number of imidazole rings is 1. The van der Waals surface area contributed by atoms with Crippen molar-refractivity contribution in [2.75, 3.05) is 18.0 Å². The number of hydrogen-bond donors (Lipinski definition) is 2. The van der Waals surface area contributed by atoms with E-state index in [1.54, 1.807) is 12.5 Å². The van der Waals surface area contributed by atoms with E-state index in [2.05, 4.69) is 63.9 Å². The van der Waals surface area contributed by atoms with E-state index in [-0.39, 0.29) is 11.3 Å². The lowest BCUT2D eigenvalue weighted by molar-refractivity contribution is 0.0954. The van der Waals surface area contributed by atoms with Gasteiger partial charge in [0.1, 0.15) is 16.7 Å². The van der Waals surface area contributed by atoms with E-state index in [0.717, 1.165) is 51.9 Å². The molecule has 1 aromatic carbocycles. The van der Waals surface area contributed by atoms with E-state index >= 15 is 0 Å². The molecule has 3 aromatic heterocycles. The Morgan fingerprint density at radius 2 is 1.94 bits per heavy atom. The number of aromatic amines is 1. The van der Waals surface area contributed by atoms with Crippen molar-refractivity contribution in [1.29, 1.82) is 0 Å². The fourth-order valence-corrected chi connectivity index (χ4v) is 5.21. The smallest absolute Gasteiger partial charge is 0.263 e. The number of hydrogen-bond acceptors (Lipinski definition) is 7. The molecule has 1 fully saturated rings. The standard InChI is InChI=1S/C26H31N7OS/c1-16-12-17(8-9-18(16)13-27-23(34)19-14-28-24(35-19)26(2,3)4)20-21-22(30-15-29-20)32-25(31-21)33-10-6-5-7-11-33/h8-9,12,14-15H,5-7,10-11,13H2,1-4H3,(H,27,34)(H,29,30,31,32). The third kappa shape index (κ3) is 4.91. The summed E-state index contributed by atoms with van der Waals surface area (Å²) in [7, 11) is 0. The summed E-state index contributed by atoms with van der Waals surface area (Å²) >= 11 is 1.45. The molecule has 9 heteroatoms. The van der Waals surface area contributed by atoms with Crippen LogP contribution in [0.3, 0.4) is 0 Å². The molecule has 1 saturated heterocycles. The molecule has 0 bridgehead atoms. The van der Waals surface area contributed by atoms with Crippen LogP contribution < -0.4 is 10.2 Å². The minimum absolute atomic E-state index is 0.0643. The number of fused-ring (bicyclic) bond motifs is 1. The lowest BCUT2D eigenvalue weighted by atomic mass is 9.98. The van der Waals surface area contributed by atoms with Crippen molar-refractivity contribution in [3.63, 3.8) is 0 Å². The van der Waals surface area contributed by atoms with Gasteiger partial charge in [-0.05, 0) is 43.4 Å². The fourth-order valence-electron chi connectivity index (χ4n) is 4.32. The SMILES string of the molecule is Cc1cc(-c2ncnc3nc(N4CCCCC4)[nH]c23)ccc1CNC(=O)c1cnc(C(C)(C)C)s1. The summed E-state index contributed by atoms with van der Waals surface area (Å²) in [5.74, 6) is 0.775. The van der Waals surface area contributed by atoms with Gasteiger partial charge < -0.3 is 15.2 Å². The molecule has 2 N–H and O–H groups in total. The monoisotopic (exact) mass is 489 g/mol. The summed E-state index contributed by atoms with van der Waals surface area (Å²) in [5.41, 5.74) is 5.46. The van der Waals surface area contributed by atoms with Crippen molar-refractivity contribution < 1.29 is 4.79 Å². The summed E-state index contributed by atoms with van der Waals surface area (Å²) in [6.45, 7) is 10.8. The van der Waals surface area contributed by atoms with Crippen LogP contribution in [0.25, 0.3) is 22.4 Å². The highest BCUT2D eigenvalue weighted by atomic mass is 32.1. The summed E-state index contributed by atoms with van der Waals surface area (Å²) in [6.07, 6.45) is 6.89. The van der Waals surface area contributed by atoms with E-state index in [9.17, 15) is 4.79 Å². The Labute approximate surface area is 209 Å². The van der Waals surface area contributed by atoms with Gasteiger partial charge in [0, 0.05) is 30.6 Å². The van der Waals surface area contributed by atoms with Crippen molar-refractivity contribution in [2.24, 2.45) is 0 Å². The van der Waals surface area contributed by atoms with Gasteiger partial charge in [0.2, 0.25) is 5.95 Å². The minimum atomic E-state index is -0.0957. The number of amides is 1. The van der Waals surface area contributed by atoms with E-state index in [4.69, 9.17) is 4.98 Å². The van der Waals surface area contributed by atoms with E-state index in [0.29, 0.717) is 17.1 Å². The van der Waals surface area contributed by atoms with Crippen molar-refractivity contribution in [3.8, 4) is 11.3 Å². The van der Waals surface area contributed by atoms with Crippen LogP contribution in [-0.4, -0.2) is 43.9 Å². The van der Waals surface area contributed by atoms with Gasteiger partial charge in [-0.2, -0.15) is 4.98 Å². The summed E-state index contributed by atoms with van der Waals surface area (Å²) < 4.78 is 0. The highest BCUT2D eigenvalue weighted by molar-refractivity contribution is 7.13. The molecular formula is C26H31N7OS. The number of nitrogens with one attached hydrogen (secondary N) is 2. The first-order chi connectivity index (χ1) is 16.8. The molecule has 1 aliphatic rings. The molecule has 182 valence electrons. The maximum absolute atomic E-state index is 12.7. The second-order valence-electron chi connectivity index (χ2n) is 10.1. The number of anilines is 1. The summed E-state index contributed by atoms with van der Waals surface area (Å²) in [4.78, 5) is 37.1. The van der Waals surface area contributed by atoms with Crippen LogP contribution in [0.1, 0.15) is 65.8 Å². The zero-order chi connectivity index (χ0) is 24.6. The van der Waals surface area contributed by atoms with Crippen LogP contribution in [0.2, 0.25) is 0 Å². The van der Waals surface area contributed by atoms with Gasteiger partial charge in [-0.1, -0.05) is 32.9 Å². The average molecular weight is 490 g/mol. The first-order valence-corrected chi connectivity index (χ1v) is 12.9. The second-order valence-corrected chi connectivity index (χ2v) is 11.2. The molecule has 4 heterocycles. The Balaban J connectivity index is 1.33. The van der Waals surface area contributed by atoms with Crippen molar-refractivity contribution >= 4 is 34.4 Å². The molecule has 8 nitrogen and oxygen atoms in total. The lowest BCUT2D eigenvalue weighted by Gasteiger charge is -2.25. The maximum Gasteiger partial charge on any atom is 0.263 e. The maximum atomic E-state index is 12.7. The Kier molecular flexibility index (Phi) is 6.27. The zero-order valence-electron chi connectivity index (χ0n) is 20.7. The van der Waals surface area contributed by atoms with Crippen LogP contribution in [0.5, 0.6) is 0 Å². The van der Waals surface area contributed by atoms with Gasteiger partial charge in [-0.15, -0.1) is 11.3 Å². The molecule has 4 aromatic rings. The first-order valence-electron chi connectivity index (χ1n) is 12.1. The molecule has 0 spiro atoms. The summed E-state index contributed by atoms with van der Waals surface area (Å²) in [6, 6.07) is 6.20. The van der Waals surface area contributed by atoms with Crippen LogP contribution >= 0.6 is 11.3 Å². The van der Waals surface area contributed by atoms with Gasteiger partial charge in [-0.25, -0.2) is 15.0 Å². The molecule has 0 radical (unpaired) electrons. The number of aryl methyl sites for hydroxylation is 1. The van der Waals surface area contributed by atoms with Gasteiger partial charge in [-0.3, -0.25) is 4.79 Å². The largest absolute Gasteiger partial charge is 0.347 e. The topological polar surface area (TPSA) is 99.7 Å². The van der Waals surface area contributed by atoms with Gasteiger partial charge >= 0.3 is 0 Å². The molecule has 0 unspecified atom stereocenters. The van der Waals surface area contributed by atoms with Crippen LogP contribution in [0.15, 0.2) is 30.7 Å². The van der Waals surface area contributed by atoms with Crippen LogP contribution in [0.4, 0.5) is 5.95 Å². The van der Waals surface area contributed by atoms with E-state index in [1.165, 1.54) is 30.6 Å². The van der Waals surface area contributed by atoms with E-state index in [1.807, 2.05) is 12.1 Å². The highest BCUT2D eigenvalue weighted by Gasteiger charge is 2.21. The Morgan fingerprint density at radius 1 is 1.14 bits per heavy atom. The Morgan fingerprint density at radius 3 is 2.66 bits per heavy atom. The molecule has 5 rings (SSSR count). The first kappa shape index (κ1) is 23.4. The number of H-pyrrole nitrogens is 1. The molecule has 35 heavy (non-hydrogen) atoms. The molecule has 1 aliphatic heterocycles. The van der Waals surface area contributed by atoms with Gasteiger partial charge in [0.15, 0.2) is 5.65 Å². The number of carbonyl (C=O) groups excluding carboxylic acids is 1. The molecule has 0 atom stereocenters. The number of rotatable bonds is 5. The van der Waals surface area contributed by atoms with Crippen LogP contribution in [-0.2, 0) is 12.0 Å². The van der Waals surface area contributed by atoms with Gasteiger partial charge in [0.05, 0.1) is 16.9 Å². The number of piperidine rings is 1. The minimum Gasteiger partial charge on any atom is -0.347 e. The quantitative estimate of drug-likeness (QED) is 0.409. The molecule has 0 saturated carbocycles. The Hall–Kier alpha value is -3.33. The third-order valence-electron chi connectivity index (χ3n) is 6.36. The molecule has 1 amide bonds. The second kappa shape index (κ2) is 9.37. The van der Waals surface area contributed by atoms with Crippen LogP contribution in [0, 0.1) is 6.92 Å². The van der Waals surface area contributed by atoms with Gasteiger partial charge in [0.25, 0.3) is 5.91 Å². The zero-order valence-corrected chi connectivity index (χ0v) is 21.5. The average Bonchev–Trinajstić information content (AvgIpc) is 3.51. The fraction of sp³-hybridized carbons (Fsp3) is 0.423. The third-order valence-corrected chi connectivity index (χ3v) is 7.78. The van der Waals surface area contributed by atoms with E-state index < -0.39 is 0 Å². The number of thiazole rings is 1. The lowest BCUT2D eigenvalue weighted by Crippen LogP contribution is -2.30. The van der Waals surface area contributed by atoms with Crippen molar-refractivity contribution in [1.82, 2.24) is 30.2 Å². The predicted octanol–water partition coefficient (Wildman–Crippen LogP) is 5.00. The number of carbonyl (C=O) groups is 1. The van der Waals surface area contributed by atoms with Crippen molar-refractivity contribution in [3.05, 3.63) is 51.7 Å². The molecule has 0 aliphatic carbocycles. The normalized spacial score (nSPS) is 14.5. The molecular weight excluding hydrogens is 458 g/mol. The predicted molar refractivity (Wildman–Crippen MR) is 140 cm³/mol. The number of nitrogens with zero attached hydrogens (tertiary/aromatic N) is 5. The Bertz CT molecular complexity index is 1360.